The van der Waals surface area contributed by atoms with E-state index in [1.54, 1.807) is 12.3 Å². The first kappa shape index (κ1) is 21.1. The van der Waals surface area contributed by atoms with Crippen molar-refractivity contribution in [2.75, 3.05) is 6.54 Å². The predicted octanol–water partition coefficient (Wildman–Crippen LogP) is 3.71. The summed E-state index contributed by atoms with van der Waals surface area (Å²) in [5.74, 6) is 0.394. The number of amides is 1. The standard InChI is InChI=1S/C25H32N6O/c1-15-8-9-16(2)31(15)13-5-6-19-17(3)27-22(23(19)18-10-11-18)14-20-24(29-30-25(20)32)21-7-4-12-26-28-21/h4,7,12,14-16,18,27H,5-6,8-11,13H2,1-3H3,(H,30,32)/b20-14+. The summed E-state index contributed by atoms with van der Waals surface area (Å²) in [4.78, 5) is 18.8. The minimum atomic E-state index is -0.196. The molecular weight excluding hydrogens is 400 g/mol. The van der Waals surface area contributed by atoms with Crippen molar-refractivity contribution in [2.24, 2.45) is 5.10 Å². The molecule has 2 atom stereocenters. The summed E-state index contributed by atoms with van der Waals surface area (Å²) in [5, 5.41) is 12.3. The van der Waals surface area contributed by atoms with E-state index in [1.807, 2.05) is 12.1 Å². The first-order chi connectivity index (χ1) is 15.5. The monoisotopic (exact) mass is 432 g/mol. The molecule has 3 aliphatic rings. The van der Waals surface area contributed by atoms with Gasteiger partial charge >= 0.3 is 0 Å². The molecule has 0 spiro atoms. The van der Waals surface area contributed by atoms with Crippen LogP contribution in [0.4, 0.5) is 0 Å². The molecule has 0 bridgehead atoms. The lowest BCUT2D eigenvalue weighted by Gasteiger charge is -2.25. The van der Waals surface area contributed by atoms with Crippen molar-refractivity contribution in [1.29, 1.82) is 0 Å². The first-order valence-electron chi connectivity index (χ1n) is 11.9. The Bertz CT molecular complexity index is 1060. The molecule has 1 saturated heterocycles. The van der Waals surface area contributed by atoms with Gasteiger partial charge in [0.1, 0.15) is 11.4 Å². The van der Waals surface area contributed by atoms with Crippen molar-refractivity contribution in [3.8, 4) is 0 Å². The van der Waals surface area contributed by atoms with Crippen LogP contribution in [0.1, 0.15) is 80.1 Å². The van der Waals surface area contributed by atoms with Gasteiger partial charge in [-0.25, -0.2) is 5.43 Å². The van der Waals surface area contributed by atoms with Crippen LogP contribution in [-0.4, -0.2) is 50.3 Å². The van der Waals surface area contributed by atoms with Gasteiger partial charge < -0.3 is 4.98 Å². The highest BCUT2D eigenvalue weighted by Crippen LogP contribution is 2.45. The fourth-order valence-electron chi connectivity index (χ4n) is 5.35. The lowest BCUT2D eigenvalue weighted by molar-refractivity contribution is -0.116. The lowest BCUT2D eigenvalue weighted by atomic mass is 9.97. The number of rotatable bonds is 7. The number of aromatic nitrogens is 3. The van der Waals surface area contributed by atoms with Crippen LogP contribution < -0.4 is 5.43 Å². The molecule has 5 rings (SSSR count). The van der Waals surface area contributed by atoms with Crippen LogP contribution in [0.2, 0.25) is 0 Å². The van der Waals surface area contributed by atoms with Gasteiger partial charge in [0.15, 0.2) is 0 Å². The fraction of sp³-hybridized carbons (Fsp3) is 0.520. The van der Waals surface area contributed by atoms with Crippen LogP contribution >= 0.6 is 0 Å². The summed E-state index contributed by atoms with van der Waals surface area (Å²) in [6, 6.07) is 5.02. The highest BCUT2D eigenvalue weighted by atomic mass is 16.2. The molecule has 2 aromatic heterocycles. The molecule has 0 aromatic carbocycles. The van der Waals surface area contributed by atoms with Gasteiger partial charge in [-0.2, -0.15) is 10.2 Å². The van der Waals surface area contributed by atoms with Crippen molar-refractivity contribution >= 4 is 17.7 Å². The minimum absolute atomic E-state index is 0.196. The van der Waals surface area contributed by atoms with E-state index in [-0.39, 0.29) is 5.91 Å². The summed E-state index contributed by atoms with van der Waals surface area (Å²) < 4.78 is 0. The number of nitrogens with zero attached hydrogens (tertiary/aromatic N) is 4. The van der Waals surface area contributed by atoms with E-state index in [0.29, 0.717) is 35.0 Å². The largest absolute Gasteiger partial charge is 0.359 e. The number of aryl methyl sites for hydroxylation is 1. The number of carbonyl (C=O) groups excluding carboxylic acids is 1. The molecule has 7 nitrogen and oxygen atoms in total. The van der Waals surface area contributed by atoms with E-state index in [1.165, 1.54) is 42.5 Å². The second kappa shape index (κ2) is 8.62. The molecule has 2 fully saturated rings. The number of hydrogen-bond donors (Lipinski definition) is 2. The van der Waals surface area contributed by atoms with Gasteiger partial charge in [0.05, 0.1) is 5.57 Å². The molecule has 32 heavy (non-hydrogen) atoms. The number of likely N-dealkylation sites (tertiary alicyclic amines) is 1. The van der Waals surface area contributed by atoms with E-state index in [9.17, 15) is 4.79 Å². The van der Waals surface area contributed by atoms with E-state index in [4.69, 9.17) is 0 Å². The summed E-state index contributed by atoms with van der Waals surface area (Å²) >= 11 is 0. The molecule has 0 radical (unpaired) electrons. The van der Waals surface area contributed by atoms with Crippen LogP contribution in [0.25, 0.3) is 6.08 Å². The van der Waals surface area contributed by atoms with E-state index < -0.39 is 0 Å². The third kappa shape index (κ3) is 4.01. The smallest absolute Gasteiger partial charge is 0.273 e. The summed E-state index contributed by atoms with van der Waals surface area (Å²) in [6.07, 6.45) is 10.9. The van der Waals surface area contributed by atoms with Crippen molar-refractivity contribution in [2.45, 2.75) is 77.3 Å². The van der Waals surface area contributed by atoms with Crippen molar-refractivity contribution in [1.82, 2.24) is 25.5 Å². The van der Waals surface area contributed by atoms with Gasteiger partial charge in [0, 0.05) is 29.7 Å². The van der Waals surface area contributed by atoms with Gasteiger partial charge in [-0.15, -0.1) is 5.10 Å². The maximum Gasteiger partial charge on any atom is 0.273 e. The van der Waals surface area contributed by atoms with Crippen LogP contribution in [0.15, 0.2) is 29.0 Å². The zero-order valence-corrected chi connectivity index (χ0v) is 19.2. The Hall–Kier alpha value is -2.80. The zero-order valence-electron chi connectivity index (χ0n) is 19.2. The molecule has 168 valence electrons. The molecule has 2 aromatic rings. The molecule has 2 aliphatic heterocycles. The maximum atomic E-state index is 12.6. The number of hydrazone groups is 1. The third-order valence-electron chi connectivity index (χ3n) is 7.23. The fourth-order valence-corrected chi connectivity index (χ4v) is 5.35. The quantitative estimate of drug-likeness (QED) is 0.653. The number of hydrogen-bond acceptors (Lipinski definition) is 5. The summed E-state index contributed by atoms with van der Waals surface area (Å²) in [7, 11) is 0. The topological polar surface area (TPSA) is 86.3 Å². The van der Waals surface area contributed by atoms with E-state index in [0.717, 1.165) is 25.1 Å². The first-order valence-corrected chi connectivity index (χ1v) is 11.9. The molecule has 1 saturated carbocycles. The van der Waals surface area contributed by atoms with Crippen molar-refractivity contribution in [3.63, 3.8) is 0 Å². The second-order valence-electron chi connectivity index (χ2n) is 9.52. The number of carbonyl (C=O) groups is 1. The second-order valence-corrected chi connectivity index (χ2v) is 9.52. The van der Waals surface area contributed by atoms with Gasteiger partial charge in [0.25, 0.3) is 5.91 Å². The van der Waals surface area contributed by atoms with Gasteiger partial charge in [-0.05, 0) is 101 Å². The number of H-pyrrole nitrogens is 1. The van der Waals surface area contributed by atoms with Crippen LogP contribution in [0, 0.1) is 6.92 Å². The summed E-state index contributed by atoms with van der Waals surface area (Å²) in [5.41, 5.74) is 9.39. The van der Waals surface area contributed by atoms with Crippen molar-refractivity contribution < 1.29 is 4.79 Å². The van der Waals surface area contributed by atoms with Gasteiger partial charge in [0.2, 0.25) is 0 Å². The SMILES string of the molecule is Cc1[nH]c(/C=C2/C(=O)NN=C2c2cccnn2)c(C2CC2)c1CCCN1C(C)CCC1C. The Balaban J connectivity index is 1.40. The maximum absolute atomic E-state index is 12.6. The van der Waals surface area contributed by atoms with Crippen LogP contribution in [-0.2, 0) is 11.2 Å². The zero-order chi connectivity index (χ0) is 22.2. The molecule has 1 amide bonds. The predicted molar refractivity (Wildman–Crippen MR) is 125 cm³/mol. The molecular formula is C25H32N6O. The Morgan fingerprint density at radius 2 is 1.97 bits per heavy atom. The van der Waals surface area contributed by atoms with Gasteiger partial charge in [-0.3, -0.25) is 9.69 Å². The van der Waals surface area contributed by atoms with Gasteiger partial charge in [-0.1, -0.05) is 0 Å². The normalized spacial score (nSPS) is 24.9. The summed E-state index contributed by atoms with van der Waals surface area (Å²) in [6.45, 7) is 8.03. The Kier molecular flexibility index (Phi) is 5.67. The highest BCUT2D eigenvalue weighted by Gasteiger charge is 2.33. The van der Waals surface area contributed by atoms with E-state index >= 15 is 0 Å². The molecule has 2 unspecified atom stereocenters. The highest BCUT2D eigenvalue weighted by molar-refractivity contribution is 6.32. The molecule has 2 N–H and O–H groups in total. The molecule has 4 heterocycles. The molecule has 1 aliphatic carbocycles. The minimum Gasteiger partial charge on any atom is -0.359 e. The number of nitrogens with one attached hydrogen (secondary N) is 2. The van der Waals surface area contributed by atoms with E-state index in [2.05, 4.69) is 51.4 Å². The molecule has 7 heteroatoms. The van der Waals surface area contributed by atoms with Crippen LogP contribution in [0.3, 0.4) is 0 Å². The number of aromatic amines is 1. The Morgan fingerprint density at radius 3 is 2.66 bits per heavy atom. The Labute approximate surface area is 189 Å². The third-order valence-corrected chi connectivity index (χ3v) is 7.23. The Morgan fingerprint density at radius 1 is 1.19 bits per heavy atom. The average molecular weight is 433 g/mol. The lowest BCUT2D eigenvalue weighted by Crippen LogP contribution is -2.33. The van der Waals surface area contributed by atoms with Crippen molar-refractivity contribution in [3.05, 3.63) is 52.1 Å². The van der Waals surface area contributed by atoms with Crippen LogP contribution in [0.5, 0.6) is 0 Å². The average Bonchev–Trinajstić information content (AvgIpc) is 3.40.